The molecule has 0 saturated carbocycles. The van der Waals surface area contributed by atoms with E-state index in [4.69, 9.17) is 18.5 Å². The Labute approximate surface area is 232 Å². The van der Waals surface area contributed by atoms with Crippen molar-refractivity contribution in [3.05, 3.63) is 70.7 Å². The van der Waals surface area contributed by atoms with E-state index in [0.29, 0.717) is 29.3 Å². The SMILES string of the molecule is COCC1=C2[C@@H](CC/C(=C/c3ccc(CO)o3)c3ccccc3)OB(O)C[C@@H]2[C@@H]2C(=O)N(C(=O)OC)C(=O)[C@@H]2C1. The van der Waals surface area contributed by atoms with Crippen LogP contribution in [0.3, 0.4) is 0 Å². The van der Waals surface area contributed by atoms with E-state index in [0.717, 1.165) is 29.4 Å². The fraction of sp³-hybridized carbons (Fsp3) is 0.414. The number of methoxy groups -OCH3 is 2. The largest absolute Gasteiger partial charge is 0.459 e. The Morgan fingerprint density at radius 3 is 2.58 bits per heavy atom. The number of carbonyl (C=O) groups excluding carboxylic acids is 3. The molecule has 2 aliphatic heterocycles. The molecule has 3 aliphatic rings. The first-order valence-electron chi connectivity index (χ1n) is 13.3. The third-order valence-electron chi connectivity index (χ3n) is 7.96. The van der Waals surface area contributed by atoms with E-state index < -0.39 is 48.9 Å². The molecule has 1 aromatic heterocycles. The maximum atomic E-state index is 13.4. The summed E-state index contributed by atoms with van der Waals surface area (Å²) >= 11 is 0. The molecule has 5 rings (SSSR count). The van der Waals surface area contributed by atoms with Crippen molar-refractivity contribution in [2.75, 3.05) is 20.8 Å². The molecule has 2 saturated heterocycles. The third kappa shape index (κ3) is 5.29. The first-order valence-corrected chi connectivity index (χ1v) is 13.3. The zero-order valence-corrected chi connectivity index (χ0v) is 22.4. The van der Waals surface area contributed by atoms with Crippen LogP contribution in [0.15, 0.2) is 58.0 Å². The van der Waals surface area contributed by atoms with Gasteiger partial charge in [-0.1, -0.05) is 30.3 Å². The first kappa shape index (κ1) is 28.0. The Kier molecular flexibility index (Phi) is 8.36. The van der Waals surface area contributed by atoms with E-state index in [-0.39, 0.29) is 26.0 Å². The van der Waals surface area contributed by atoms with E-state index in [1.54, 1.807) is 19.2 Å². The van der Waals surface area contributed by atoms with Gasteiger partial charge in [0.25, 0.3) is 0 Å². The number of fused-ring (bicyclic) bond motifs is 3. The van der Waals surface area contributed by atoms with Crippen LogP contribution in [-0.2, 0) is 30.3 Å². The number of ether oxygens (including phenoxy) is 2. The van der Waals surface area contributed by atoms with Crippen molar-refractivity contribution in [1.29, 1.82) is 0 Å². The molecule has 10 nitrogen and oxygen atoms in total. The number of aliphatic hydroxyl groups excluding tert-OH is 1. The molecule has 0 radical (unpaired) electrons. The molecule has 40 heavy (non-hydrogen) atoms. The van der Waals surface area contributed by atoms with Gasteiger partial charge in [0.2, 0.25) is 11.8 Å². The van der Waals surface area contributed by atoms with Crippen LogP contribution in [0.5, 0.6) is 0 Å². The lowest BCUT2D eigenvalue weighted by Gasteiger charge is -2.43. The second-order valence-electron chi connectivity index (χ2n) is 10.3. The van der Waals surface area contributed by atoms with Crippen molar-refractivity contribution in [3.63, 3.8) is 0 Å². The number of aliphatic hydroxyl groups is 1. The van der Waals surface area contributed by atoms with Crippen LogP contribution in [0.4, 0.5) is 4.79 Å². The van der Waals surface area contributed by atoms with Gasteiger partial charge in [-0.15, -0.1) is 0 Å². The summed E-state index contributed by atoms with van der Waals surface area (Å²) in [5, 5.41) is 20.1. The molecule has 0 unspecified atom stereocenters. The molecule has 4 atom stereocenters. The normalized spacial score (nSPS) is 24.9. The fourth-order valence-corrected chi connectivity index (χ4v) is 6.31. The molecule has 1 aromatic carbocycles. The highest BCUT2D eigenvalue weighted by Crippen LogP contribution is 2.50. The molecule has 11 heteroatoms. The maximum Gasteiger partial charge on any atom is 0.455 e. The number of amides is 3. The molecule has 1 aliphatic carbocycles. The van der Waals surface area contributed by atoms with E-state index in [1.165, 1.54) is 0 Å². The average Bonchev–Trinajstić information content (AvgIpc) is 3.52. The fourth-order valence-electron chi connectivity index (χ4n) is 6.31. The van der Waals surface area contributed by atoms with Crippen LogP contribution in [0.25, 0.3) is 11.6 Å². The number of nitrogens with zero attached hydrogens (tertiary/aromatic N) is 1. The lowest BCUT2D eigenvalue weighted by Crippen LogP contribution is -2.46. The Morgan fingerprint density at radius 1 is 1.12 bits per heavy atom. The second kappa shape index (κ2) is 11.9. The van der Waals surface area contributed by atoms with Gasteiger partial charge in [-0.05, 0) is 72.0 Å². The highest BCUT2D eigenvalue weighted by atomic mass is 16.5. The van der Waals surface area contributed by atoms with Crippen molar-refractivity contribution in [2.45, 2.75) is 38.3 Å². The van der Waals surface area contributed by atoms with Gasteiger partial charge < -0.3 is 28.7 Å². The third-order valence-corrected chi connectivity index (χ3v) is 7.96. The molecule has 3 amide bonds. The zero-order valence-electron chi connectivity index (χ0n) is 22.4. The minimum atomic E-state index is -1.14. The first-order chi connectivity index (χ1) is 19.4. The van der Waals surface area contributed by atoms with Crippen LogP contribution < -0.4 is 0 Å². The smallest absolute Gasteiger partial charge is 0.455 e. The zero-order chi connectivity index (χ0) is 28.4. The van der Waals surface area contributed by atoms with E-state index in [9.17, 15) is 24.5 Å². The number of benzene rings is 1. The van der Waals surface area contributed by atoms with Crippen molar-refractivity contribution in [3.8, 4) is 0 Å². The van der Waals surface area contributed by atoms with Gasteiger partial charge in [0.1, 0.15) is 18.1 Å². The van der Waals surface area contributed by atoms with Crippen molar-refractivity contribution < 1.29 is 43.1 Å². The average molecular weight is 549 g/mol. The van der Waals surface area contributed by atoms with Gasteiger partial charge in [0, 0.05) is 7.11 Å². The lowest BCUT2D eigenvalue weighted by atomic mass is 9.58. The van der Waals surface area contributed by atoms with Gasteiger partial charge in [-0.25, -0.2) is 4.79 Å². The highest BCUT2D eigenvalue weighted by molar-refractivity contribution is 6.43. The number of imide groups is 3. The Balaban J connectivity index is 1.47. The number of allylic oxidation sites excluding steroid dienone is 1. The summed E-state index contributed by atoms with van der Waals surface area (Å²) in [5.41, 5.74) is 3.65. The standard InChI is InChI=1S/C29H32BNO9/c1-37-16-19-13-22-26(28(34)31(27(22)33)29(35)38-2)23-14-30(36)40-24(25(19)23)11-8-18(17-6-4-3-5-7-17)12-20-9-10-21(15-32)39-20/h3-7,9-10,12,22-24,26,32,36H,8,11,13-16H2,1-2H3/b18-12-/t22-,23+,24-,26-/m1/s1. The number of rotatable bonds is 8. The highest BCUT2D eigenvalue weighted by Gasteiger charge is 2.59. The van der Waals surface area contributed by atoms with Crippen LogP contribution in [0.1, 0.15) is 36.3 Å². The molecule has 0 bridgehead atoms. The second-order valence-corrected chi connectivity index (χ2v) is 10.3. The molecular weight excluding hydrogens is 517 g/mol. The predicted molar refractivity (Wildman–Crippen MR) is 144 cm³/mol. The van der Waals surface area contributed by atoms with Crippen molar-refractivity contribution in [2.24, 2.45) is 17.8 Å². The summed E-state index contributed by atoms with van der Waals surface area (Å²) in [6.07, 6.45) is 1.80. The van der Waals surface area contributed by atoms with Gasteiger partial charge in [-0.3, -0.25) is 9.59 Å². The quantitative estimate of drug-likeness (QED) is 0.289. The molecule has 2 aromatic rings. The monoisotopic (exact) mass is 549 g/mol. The number of hydrogen-bond acceptors (Lipinski definition) is 9. The molecule has 0 spiro atoms. The number of hydrogen-bond donors (Lipinski definition) is 2. The minimum Gasteiger partial charge on any atom is -0.459 e. The van der Waals surface area contributed by atoms with E-state index in [1.807, 2.05) is 36.4 Å². The summed E-state index contributed by atoms with van der Waals surface area (Å²) in [7, 11) is 1.55. The molecule has 2 N–H and O–H groups in total. The number of carbonyl (C=O) groups is 3. The molecular formula is C29H32BNO9. The van der Waals surface area contributed by atoms with Crippen LogP contribution in [0.2, 0.25) is 6.32 Å². The van der Waals surface area contributed by atoms with Gasteiger partial charge in [-0.2, -0.15) is 4.90 Å². The summed E-state index contributed by atoms with van der Waals surface area (Å²) in [5.74, 6) is -2.11. The van der Waals surface area contributed by atoms with Crippen LogP contribution in [0, 0.1) is 17.8 Å². The Bertz CT molecular complexity index is 1330. The van der Waals surface area contributed by atoms with Crippen molar-refractivity contribution >= 4 is 36.7 Å². The van der Waals surface area contributed by atoms with Crippen LogP contribution >= 0.6 is 0 Å². The van der Waals surface area contributed by atoms with Gasteiger partial charge >= 0.3 is 13.2 Å². The summed E-state index contributed by atoms with van der Waals surface area (Å²) in [4.78, 5) is 39.4. The molecule has 210 valence electrons. The van der Waals surface area contributed by atoms with Gasteiger partial charge in [0.15, 0.2) is 0 Å². The Hall–Kier alpha value is -3.51. The van der Waals surface area contributed by atoms with E-state index >= 15 is 0 Å². The maximum absolute atomic E-state index is 13.4. The number of furan rings is 1. The number of likely N-dealkylation sites (tertiary alicyclic amines) is 1. The van der Waals surface area contributed by atoms with Crippen LogP contribution in [-0.4, -0.2) is 67.0 Å². The minimum absolute atomic E-state index is 0.131. The summed E-state index contributed by atoms with van der Waals surface area (Å²) < 4.78 is 21.9. The molecule has 3 heterocycles. The predicted octanol–water partition coefficient (Wildman–Crippen LogP) is 3.30. The summed E-state index contributed by atoms with van der Waals surface area (Å²) in [6.45, 7) is 0.0410. The van der Waals surface area contributed by atoms with Gasteiger partial charge in [0.05, 0.1) is 31.7 Å². The molecule has 2 fully saturated rings. The Morgan fingerprint density at radius 2 is 1.90 bits per heavy atom. The topological polar surface area (TPSA) is 136 Å². The summed E-state index contributed by atoms with van der Waals surface area (Å²) in [6, 6.07) is 13.3. The van der Waals surface area contributed by atoms with Crippen molar-refractivity contribution in [1.82, 2.24) is 4.90 Å². The lowest BCUT2D eigenvalue weighted by molar-refractivity contribution is -0.137. The van der Waals surface area contributed by atoms with E-state index in [2.05, 4.69) is 0 Å².